The molecule has 2 N–H and O–H groups in total. The molecule has 2 unspecified atom stereocenters. The Hall–Kier alpha value is -0.280. The normalized spacial score (nSPS) is 31.9. The van der Waals surface area contributed by atoms with E-state index in [1.54, 1.807) is 19.0 Å². The maximum atomic E-state index is 11.9. The van der Waals surface area contributed by atoms with E-state index in [4.69, 9.17) is 5.73 Å². The van der Waals surface area contributed by atoms with Gasteiger partial charge in [-0.2, -0.15) is 0 Å². The number of amides is 1. The zero-order valence-corrected chi connectivity index (χ0v) is 10.1. The van der Waals surface area contributed by atoms with Crippen LogP contribution in [0.15, 0.2) is 0 Å². The fourth-order valence-corrected chi connectivity index (χ4v) is 2.14. The number of nitrogens with two attached hydrogens (primary N) is 1. The van der Waals surface area contributed by atoms with Crippen LogP contribution in [0.4, 0.5) is 0 Å². The van der Waals surface area contributed by atoms with Gasteiger partial charge in [-0.3, -0.25) is 4.79 Å². The monoisotopic (exact) mass is 220 g/mol. The van der Waals surface area contributed by atoms with E-state index in [9.17, 15) is 4.79 Å². The second-order valence-electron chi connectivity index (χ2n) is 4.47. The van der Waals surface area contributed by atoms with Crippen molar-refractivity contribution in [3.63, 3.8) is 0 Å². The molecule has 1 fully saturated rings. The van der Waals surface area contributed by atoms with Gasteiger partial charge in [0.25, 0.3) is 0 Å². The third-order valence-corrected chi connectivity index (χ3v) is 3.17. The van der Waals surface area contributed by atoms with Crippen molar-refractivity contribution < 1.29 is 4.79 Å². The van der Waals surface area contributed by atoms with E-state index in [0.717, 1.165) is 25.7 Å². The SMILES string of the molecule is CN(C)C(=O)C1(C)CCCCC1N.Cl. The number of rotatable bonds is 1. The summed E-state index contributed by atoms with van der Waals surface area (Å²) < 4.78 is 0. The summed E-state index contributed by atoms with van der Waals surface area (Å²) in [4.78, 5) is 13.5. The molecule has 1 saturated carbocycles. The zero-order valence-electron chi connectivity index (χ0n) is 9.25. The highest BCUT2D eigenvalue weighted by molar-refractivity contribution is 5.85. The molecule has 0 heterocycles. The number of nitrogens with zero attached hydrogens (tertiary/aromatic N) is 1. The van der Waals surface area contributed by atoms with Gasteiger partial charge in [-0.05, 0) is 19.8 Å². The molecule has 0 aromatic rings. The molecular weight excluding hydrogens is 200 g/mol. The lowest BCUT2D eigenvalue weighted by Gasteiger charge is -2.39. The first kappa shape index (κ1) is 13.7. The van der Waals surface area contributed by atoms with Crippen LogP contribution in [0.3, 0.4) is 0 Å². The molecule has 3 nitrogen and oxygen atoms in total. The molecule has 0 aromatic heterocycles. The van der Waals surface area contributed by atoms with Gasteiger partial charge >= 0.3 is 0 Å². The highest BCUT2D eigenvalue weighted by Gasteiger charge is 2.41. The number of carbonyl (C=O) groups is 1. The molecule has 0 spiro atoms. The fraction of sp³-hybridized carbons (Fsp3) is 0.900. The van der Waals surface area contributed by atoms with Crippen LogP contribution in [-0.4, -0.2) is 30.9 Å². The minimum atomic E-state index is -0.318. The molecular formula is C10H21ClN2O. The van der Waals surface area contributed by atoms with E-state index in [1.807, 2.05) is 6.92 Å². The Bertz CT molecular complexity index is 208. The van der Waals surface area contributed by atoms with Crippen LogP contribution in [-0.2, 0) is 4.79 Å². The van der Waals surface area contributed by atoms with Crippen molar-refractivity contribution >= 4 is 18.3 Å². The van der Waals surface area contributed by atoms with Gasteiger partial charge < -0.3 is 10.6 Å². The summed E-state index contributed by atoms with van der Waals surface area (Å²) in [5, 5.41) is 0. The van der Waals surface area contributed by atoms with E-state index in [-0.39, 0.29) is 29.8 Å². The molecule has 0 aromatic carbocycles. The van der Waals surface area contributed by atoms with E-state index >= 15 is 0 Å². The lowest BCUT2D eigenvalue weighted by atomic mass is 9.71. The third-order valence-electron chi connectivity index (χ3n) is 3.17. The third kappa shape index (κ3) is 2.39. The molecule has 0 aliphatic heterocycles. The zero-order chi connectivity index (χ0) is 10.1. The van der Waals surface area contributed by atoms with E-state index < -0.39 is 0 Å². The number of hydrogen-bond acceptors (Lipinski definition) is 2. The highest BCUT2D eigenvalue weighted by Crippen LogP contribution is 2.36. The van der Waals surface area contributed by atoms with Crippen LogP contribution in [0.2, 0.25) is 0 Å². The van der Waals surface area contributed by atoms with Crippen molar-refractivity contribution in [1.82, 2.24) is 4.90 Å². The highest BCUT2D eigenvalue weighted by atomic mass is 35.5. The maximum absolute atomic E-state index is 11.9. The molecule has 1 aliphatic carbocycles. The molecule has 14 heavy (non-hydrogen) atoms. The Morgan fingerprint density at radius 2 is 2.00 bits per heavy atom. The Labute approximate surface area is 92.4 Å². The summed E-state index contributed by atoms with van der Waals surface area (Å²) in [5.41, 5.74) is 5.69. The molecule has 1 aliphatic rings. The van der Waals surface area contributed by atoms with Gasteiger partial charge in [-0.1, -0.05) is 12.8 Å². The first-order chi connectivity index (χ1) is 5.98. The summed E-state index contributed by atoms with van der Waals surface area (Å²) in [6, 6.07) is 0.0381. The second kappa shape index (κ2) is 4.99. The lowest BCUT2D eigenvalue weighted by molar-refractivity contribution is -0.141. The first-order valence-corrected chi connectivity index (χ1v) is 4.96. The summed E-state index contributed by atoms with van der Waals surface area (Å²) in [6.07, 6.45) is 4.21. The Morgan fingerprint density at radius 1 is 1.43 bits per heavy atom. The van der Waals surface area contributed by atoms with Gasteiger partial charge in [0.15, 0.2) is 0 Å². The van der Waals surface area contributed by atoms with Gasteiger partial charge in [-0.15, -0.1) is 12.4 Å². The minimum absolute atomic E-state index is 0. The molecule has 1 amide bonds. The largest absolute Gasteiger partial charge is 0.348 e. The molecule has 4 heteroatoms. The first-order valence-electron chi connectivity index (χ1n) is 4.96. The lowest BCUT2D eigenvalue weighted by Crippen LogP contribution is -2.51. The Balaban J connectivity index is 0.00000169. The predicted molar refractivity (Wildman–Crippen MR) is 60.5 cm³/mol. The van der Waals surface area contributed by atoms with Crippen LogP contribution < -0.4 is 5.73 Å². The minimum Gasteiger partial charge on any atom is -0.348 e. The van der Waals surface area contributed by atoms with Crippen molar-refractivity contribution in [2.24, 2.45) is 11.1 Å². The topological polar surface area (TPSA) is 46.3 Å². The van der Waals surface area contributed by atoms with Crippen molar-refractivity contribution in [3.8, 4) is 0 Å². The molecule has 1 rings (SSSR count). The average molecular weight is 221 g/mol. The van der Waals surface area contributed by atoms with Crippen LogP contribution >= 0.6 is 12.4 Å². The second-order valence-corrected chi connectivity index (χ2v) is 4.47. The summed E-state index contributed by atoms with van der Waals surface area (Å²) in [6.45, 7) is 2.00. The predicted octanol–water partition coefficient (Wildman–Crippen LogP) is 1.40. The fourth-order valence-electron chi connectivity index (χ4n) is 2.14. The van der Waals surface area contributed by atoms with E-state index in [2.05, 4.69) is 0 Å². The molecule has 0 radical (unpaired) electrons. The van der Waals surface area contributed by atoms with Crippen LogP contribution in [0.25, 0.3) is 0 Å². The number of carbonyl (C=O) groups excluding carboxylic acids is 1. The van der Waals surface area contributed by atoms with Crippen molar-refractivity contribution in [2.45, 2.75) is 38.6 Å². The number of halogens is 1. The molecule has 84 valence electrons. The van der Waals surface area contributed by atoms with Crippen molar-refractivity contribution in [1.29, 1.82) is 0 Å². The van der Waals surface area contributed by atoms with Gasteiger partial charge in [0, 0.05) is 20.1 Å². The van der Waals surface area contributed by atoms with E-state index in [1.165, 1.54) is 0 Å². The van der Waals surface area contributed by atoms with Gasteiger partial charge in [-0.25, -0.2) is 0 Å². The van der Waals surface area contributed by atoms with Crippen molar-refractivity contribution in [2.75, 3.05) is 14.1 Å². The Kier molecular flexibility index (Phi) is 4.89. The molecule has 2 atom stereocenters. The van der Waals surface area contributed by atoms with Crippen LogP contribution in [0, 0.1) is 5.41 Å². The van der Waals surface area contributed by atoms with Gasteiger partial charge in [0.05, 0.1) is 5.41 Å². The smallest absolute Gasteiger partial charge is 0.229 e. The van der Waals surface area contributed by atoms with Gasteiger partial charge in [0.2, 0.25) is 5.91 Å². The maximum Gasteiger partial charge on any atom is 0.229 e. The number of hydrogen-bond donors (Lipinski definition) is 1. The Morgan fingerprint density at radius 3 is 2.43 bits per heavy atom. The molecule has 0 saturated heterocycles. The van der Waals surface area contributed by atoms with Crippen LogP contribution in [0.1, 0.15) is 32.6 Å². The quantitative estimate of drug-likeness (QED) is 0.726. The summed E-state index contributed by atoms with van der Waals surface area (Å²) in [5.74, 6) is 0.180. The van der Waals surface area contributed by atoms with Crippen LogP contribution in [0.5, 0.6) is 0 Å². The summed E-state index contributed by atoms with van der Waals surface area (Å²) >= 11 is 0. The standard InChI is InChI=1S/C10H20N2O.ClH/c1-10(9(13)12(2)3)7-5-4-6-8(10)11;/h8H,4-7,11H2,1-3H3;1H. The van der Waals surface area contributed by atoms with E-state index in [0.29, 0.717) is 0 Å². The van der Waals surface area contributed by atoms with Crippen molar-refractivity contribution in [3.05, 3.63) is 0 Å². The van der Waals surface area contributed by atoms with Gasteiger partial charge in [0.1, 0.15) is 0 Å². The molecule has 0 bridgehead atoms. The average Bonchev–Trinajstić information content (AvgIpc) is 2.09. The summed E-state index contributed by atoms with van der Waals surface area (Å²) in [7, 11) is 3.60.